The minimum atomic E-state index is -3.88. The molecule has 8 nitrogen and oxygen atoms in total. The lowest BCUT2D eigenvalue weighted by Gasteiger charge is -2.20. The lowest BCUT2D eigenvalue weighted by atomic mass is 10.2. The van der Waals surface area contributed by atoms with Gasteiger partial charge in [0, 0.05) is 18.3 Å². The zero-order valence-corrected chi connectivity index (χ0v) is 22.8. The number of aryl methyl sites for hydroxylation is 1. The molecule has 1 amide bonds. The van der Waals surface area contributed by atoms with Gasteiger partial charge in [0.1, 0.15) is 0 Å². The van der Waals surface area contributed by atoms with Crippen LogP contribution < -0.4 is 14.3 Å². The summed E-state index contributed by atoms with van der Waals surface area (Å²) in [6, 6.07) is 24.8. The van der Waals surface area contributed by atoms with Gasteiger partial charge in [0.05, 0.1) is 26.2 Å². The van der Waals surface area contributed by atoms with Gasteiger partial charge in [-0.05, 0) is 79.7 Å². The topological polar surface area (TPSA) is 113 Å². The third-order valence-corrected chi connectivity index (χ3v) is 9.22. The highest BCUT2D eigenvalue weighted by Gasteiger charge is 2.21. The summed E-state index contributed by atoms with van der Waals surface area (Å²) in [4.78, 5) is 12.9. The predicted octanol–water partition coefficient (Wildman–Crippen LogP) is 5.53. The number of amides is 1. The van der Waals surface area contributed by atoms with E-state index in [1.54, 1.807) is 48.5 Å². The van der Waals surface area contributed by atoms with Crippen LogP contribution in [0.15, 0.2) is 107 Å². The fourth-order valence-electron chi connectivity index (χ4n) is 3.50. The highest BCUT2D eigenvalue weighted by Crippen LogP contribution is 2.25. The molecule has 0 bridgehead atoms. The number of nitrogens with one attached hydrogen (secondary N) is 2. The van der Waals surface area contributed by atoms with Gasteiger partial charge < -0.3 is 5.32 Å². The number of halogens is 1. The van der Waals surface area contributed by atoms with Gasteiger partial charge in [0.2, 0.25) is 0 Å². The normalized spacial score (nSPS) is 11.6. The molecule has 0 atom stereocenters. The summed E-state index contributed by atoms with van der Waals surface area (Å²) in [5.41, 5.74) is 2.28. The standard InChI is InChI=1S/C27H24ClN3O5S2/c1-19-7-15-24(16-8-19)38(35,36)31(2)22-13-9-20(10-14-22)27(32)29-21-11-17-23(18-12-21)37(33,34)30-26-6-4-3-5-25(26)28/h3-18,30H,1-2H3,(H,29,32). The second-order valence-corrected chi connectivity index (χ2v) is 12.5. The molecular formula is C27H24ClN3O5S2. The van der Waals surface area contributed by atoms with E-state index < -0.39 is 26.0 Å². The van der Waals surface area contributed by atoms with Gasteiger partial charge in [-0.15, -0.1) is 0 Å². The second kappa shape index (κ2) is 10.9. The summed E-state index contributed by atoms with van der Waals surface area (Å²) in [6.07, 6.45) is 0. The van der Waals surface area contributed by atoms with E-state index in [2.05, 4.69) is 10.0 Å². The Morgan fingerprint density at radius 2 is 1.34 bits per heavy atom. The van der Waals surface area contributed by atoms with Crippen LogP contribution in [0.3, 0.4) is 0 Å². The molecule has 196 valence electrons. The average Bonchev–Trinajstić information content (AvgIpc) is 2.90. The molecule has 4 aromatic rings. The van der Waals surface area contributed by atoms with Gasteiger partial charge >= 0.3 is 0 Å². The number of hydrogen-bond acceptors (Lipinski definition) is 5. The maximum Gasteiger partial charge on any atom is 0.264 e. The van der Waals surface area contributed by atoms with Crippen LogP contribution in [-0.4, -0.2) is 29.8 Å². The molecule has 0 saturated carbocycles. The number of hydrogen-bond donors (Lipinski definition) is 2. The Morgan fingerprint density at radius 1 is 0.763 bits per heavy atom. The predicted molar refractivity (Wildman–Crippen MR) is 150 cm³/mol. The maximum atomic E-state index is 12.9. The molecule has 0 aliphatic carbocycles. The number of carbonyl (C=O) groups excluding carboxylic acids is 1. The van der Waals surface area contributed by atoms with Crippen LogP contribution in [0.1, 0.15) is 15.9 Å². The summed E-state index contributed by atoms with van der Waals surface area (Å²) < 4.78 is 54.7. The summed E-state index contributed by atoms with van der Waals surface area (Å²) in [5.74, 6) is -0.439. The average molecular weight is 570 g/mol. The quantitative estimate of drug-likeness (QED) is 0.290. The molecule has 0 aliphatic heterocycles. The Balaban J connectivity index is 1.43. The number of benzene rings is 4. The fraction of sp³-hybridized carbons (Fsp3) is 0.0741. The Labute approximate surface area is 227 Å². The summed E-state index contributed by atoms with van der Waals surface area (Å²) >= 11 is 6.03. The Morgan fingerprint density at radius 3 is 1.95 bits per heavy atom. The van der Waals surface area contributed by atoms with E-state index in [4.69, 9.17) is 11.6 Å². The first kappa shape index (κ1) is 27.2. The van der Waals surface area contributed by atoms with Crippen molar-refractivity contribution in [3.8, 4) is 0 Å². The van der Waals surface area contributed by atoms with Crippen LogP contribution in [0.2, 0.25) is 5.02 Å². The number of carbonyl (C=O) groups is 1. The molecule has 0 aromatic heterocycles. The number of anilines is 3. The van der Waals surface area contributed by atoms with Crippen molar-refractivity contribution >= 4 is 54.6 Å². The first-order valence-electron chi connectivity index (χ1n) is 11.3. The molecule has 0 radical (unpaired) electrons. The number of nitrogens with zero attached hydrogens (tertiary/aromatic N) is 1. The molecule has 0 fully saturated rings. The number of sulfonamides is 2. The van der Waals surface area contributed by atoms with E-state index >= 15 is 0 Å². The van der Waals surface area contributed by atoms with Crippen LogP contribution in [0.4, 0.5) is 17.1 Å². The Bertz CT molecular complexity index is 1670. The van der Waals surface area contributed by atoms with Crippen molar-refractivity contribution in [1.82, 2.24) is 0 Å². The van der Waals surface area contributed by atoms with Crippen molar-refractivity contribution in [1.29, 1.82) is 0 Å². The molecule has 38 heavy (non-hydrogen) atoms. The van der Waals surface area contributed by atoms with Gasteiger partial charge in [-0.2, -0.15) is 0 Å². The van der Waals surface area contributed by atoms with E-state index in [0.717, 1.165) is 9.87 Å². The zero-order valence-electron chi connectivity index (χ0n) is 20.4. The molecule has 2 N–H and O–H groups in total. The fourth-order valence-corrected chi connectivity index (χ4v) is 6.01. The Kier molecular flexibility index (Phi) is 7.77. The smallest absolute Gasteiger partial charge is 0.264 e. The first-order valence-corrected chi connectivity index (χ1v) is 14.6. The van der Waals surface area contributed by atoms with E-state index in [1.807, 2.05) is 6.92 Å². The summed E-state index contributed by atoms with van der Waals surface area (Å²) in [5, 5.41) is 2.97. The van der Waals surface area contributed by atoms with Crippen molar-refractivity contribution in [2.45, 2.75) is 16.7 Å². The van der Waals surface area contributed by atoms with E-state index in [1.165, 1.54) is 55.6 Å². The summed E-state index contributed by atoms with van der Waals surface area (Å²) in [6.45, 7) is 1.87. The van der Waals surface area contributed by atoms with Crippen molar-refractivity contribution < 1.29 is 21.6 Å². The van der Waals surface area contributed by atoms with Crippen molar-refractivity contribution in [3.05, 3.63) is 113 Å². The molecule has 11 heteroatoms. The highest BCUT2D eigenvalue weighted by molar-refractivity contribution is 7.93. The molecular weight excluding hydrogens is 546 g/mol. The van der Waals surface area contributed by atoms with Gasteiger partial charge in [-0.25, -0.2) is 16.8 Å². The van der Waals surface area contributed by atoms with Crippen LogP contribution in [0, 0.1) is 6.92 Å². The van der Waals surface area contributed by atoms with E-state index in [9.17, 15) is 21.6 Å². The molecule has 4 rings (SSSR count). The first-order chi connectivity index (χ1) is 18.0. The Hall–Kier alpha value is -3.86. The van der Waals surface area contributed by atoms with Crippen LogP contribution >= 0.6 is 11.6 Å². The maximum absolute atomic E-state index is 12.9. The molecule has 0 spiro atoms. The van der Waals surface area contributed by atoms with E-state index in [-0.39, 0.29) is 20.5 Å². The third-order valence-electron chi connectivity index (χ3n) is 5.71. The van der Waals surface area contributed by atoms with Gasteiger partial charge in [0.15, 0.2) is 0 Å². The van der Waals surface area contributed by atoms with Crippen LogP contribution in [-0.2, 0) is 20.0 Å². The minimum Gasteiger partial charge on any atom is -0.322 e. The number of rotatable bonds is 8. The monoisotopic (exact) mass is 569 g/mol. The lowest BCUT2D eigenvalue weighted by Crippen LogP contribution is -2.26. The zero-order chi connectivity index (χ0) is 27.5. The second-order valence-electron chi connectivity index (χ2n) is 8.40. The van der Waals surface area contributed by atoms with Gasteiger partial charge in [0.25, 0.3) is 26.0 Å². The van der Waals surface area contributed by atoms with Crippen LogP contribution in [0.5, 0.6) is 0 Å². The van der Waals surface area contributed by atoms with Crippen molar-refractivity contribution in [3.63, 3.8) is 0 Å². The van der Waals surface area contributed by atoms with Crippen LogP contribution in [0.25, 0.3) is 0 Å². The van der Waals surface area contributed by atoms with Gasteiger partial charge in [-0.1, -0.05) is 41.4 Å². The third kappa shape index (κ3) is 5.99. The SMILES string of the molecule is Cc1ccc(S(=O)(=O)N(C)c2ccc(C(=O)Nc3ccc(S(=O)(=O)Nc4ccccc4Cl)cc3)cc2)cc1. The largest absolute Gasteiger partial charge is 0.322 e. The minimum absolute atomic E-state index is 0.00223. The molecule has 0 saturated heterocycles. The highest BCUT2D eigenvalue weighted by atomic mass is 35.5. The van der Waals surface area contributed by atoms with Crippen molar-refractivity contribution in [2.75, 3.05) is 21.4 Å². The number of para-hydroxylation sites is 1. The lowest BCUT2D eigenvalue weighted by molar-refractivity contribution is 0.102. The summed E-state index contributed by atoms with van der Waals surface area (Å²) in [7, 11) is -6.19. The van der Waals surface area contributed by atoms with E-state index in [0.29, 0.717) is 16.9 Å². The molecule has 0 aliphatic rings. The molecule has 0 unspecified atom stereocenters. The molecule has 4 aromatic carbocycles. The van der Waals surface area contributed by atoms with Gasteiger partial charge in [-0.3, -0.25) is 13.8 Å². The van der Waals surface area contributed by atoms with Crippen molar-refractivity contribution in [2.24, 2.45) is 0 Å². The molecule has 0 heterocycles.